The topological polar surface area (TPSA) is 49.8 Å². The van der Waals surface area contributed by atoms with Crippen LogP contribution >= 0.6 is 39.9 Å². The number of carbonyl (C=O) groups excluding carboxylic acids is 1. The molecule has 0 bridgehead atoms. The molecule has 1 saturated carbocycles. The Hall–Kier alpha value is -1.05. The molecule has 1 aromatic carbocycles. The molecular weight excluding hydrogens is 410 g/mol. The van der Waals surface area contributed by atoms with Gasteiger partial charge in [-0.15, -0.1) is 0 Å². The third-order valence-electron chi connectivity index (χ3n) is 4.35. The fourth-order valence-electron chi connectivity index (χ4n) is 3.11. The number of thiocarbonyl (C=S) groups is 1. The number of halogens is 1. The molecule has 3 rings (SSSR count). The zero-order valence-corrected chi connectivity index (χ0v) is 16.5. The quantitative estimate of drug-likeness (QED) is 0.559. The number of hydrogen-bond donors (Lipinski definition) is 1. The summed E-state index contributed by atoms with van der Waals surface area (Å²) >= 11 is 10.2. The molecule has 2 fully saturated rings. The second kappa shape index (κ2) is 7.45. The number of benzene rings is 1. The fourth-order valence-corrected chi connectivity index (χ4v) is 4.94. The van der Waals surface area contributed by atoms with E-state index in [1.54, 1.807) is 23.1 Å². The van der Waals surface area contributed by atoms with Gasteiger partial charge < -0.3 is 9.84 Å². The SMILES string of the molecule is COc1cc(/C=C2/SC(=S)N(C3CCCCC3)C2=O)c(Br)cc1O. The number of methoxy groups -OCH3 is 1. The number of phenols is 1. The maximum Gasteiger partial charge on any atom is 0.266 e. The van der Waals surface area contributed by atoms with Gasteiger partial charge in [-0.05, 0) is 36.6 Å². The van der Waals surface area contributed by atoms with Gasteiger partial charge in [0.05, 0.1) is 12.0 Å². The Balaban J connectivity index is 1.89. The molecule has 1 aliphatic carbocycles. The predicted molar refractivity (Wildman–Crippen MR) is 104 cm³/mol. The van der Waals surface area contributed by atoms with Gasteiger partial charge in [-0.25, -0.2) is 0 Å². The van der Waals surface area contributed by atoms with Gasteiger partial charge in [0.25, 0.3) is 5.91 Å². The van der Waals surface area contributed by atoms with Crippen molar-refractivity contribution in [2.75, 3.05) is 7.11 Å². The summed E-state index contributed by atoms with van der Waals surface area (Å²) < 4.78 is 6.48. The summed E-state index contributed by atoms with van der Waals surface area (Å²) in [5.41, 5.74) is 0.772. The average molecular weight is 428 g/mol. The number of hydrogen-bond acceptors (Lipinski definition) is 5. The number of phenolic OH excluding ortho intramolecular Hbond substituents is 1. The van der Waals surface area contributed by atoms with Crippen molar-refractivity contribution in [3.8, 4) is 11.5 Å². The van der Waals surface area contributed by atoms with Gasteiger partial charge in [-0.1, -0.05) is 59.2 Å². The Kier molecular flexibility index (Phi) is 5.52. The summed E-state index contributed by atoms with van der Waals surface area (Å²) in [6.07, 6.45) is 7.39. The number of nitrogens with zero attached hydrogens (tertiary/aromatic N) is 1. The highest BCUT2D eigenvalue weighted by atomic mass is 79.9. The van der Waals surface area contributed by atoms with Crippen molar-refractivity contribution in [3.63, 3.8) is 0 Å². The van der Waals surface area contributed by atoms with Gasteiger partial charge in [0.2, 0.25) is 0 Å². The highest BCUT2D eigenvalue weighted by Crippen LogP contribution is 2.39. The van der Waals surface area contributed by atoms with Crippen LogP contribution in [-0.2, 0) is 4.79 Å². The lowest BCUT2D eigenvalue weighted by Gasteiger charge is -2.29. The Morgan fingerprint density at radius 3 is 2.75 bits per heavy atom. The first-order valence-corrected chi connectivity index (χ1v) is 9.86. The van der Waals surface area contributed by atoms with Crippen LogP contribution in [0, 0.1) is 0 Å². The maximum absolute atomic E-state index is 12.8. The van der Waals surface area contributed by atoms with E-state index in [1.165, 1.54) is 25.3 Å². The number of ether oxygens (including phenoxy) is 1. The van der Waals surface area contributed by atoms with Crippen LogP contribution in [0.25, 0.3) is 6.08 Å². The predicted octanol–water partition coefficient (Wildman–Crippen LogP) is 4.70. The second-order valence-corrected chi connectivity index (χ2v) is 8.42. The standard InChI is InChI=1S/C17H18BrNO3S2/c1-22-14-7-10(12(18)9-13(14)20)8-15-16(21)19(17(23)24-15)11-5-3-2-4-6-11/h7-9,11,20H,2-6H2,1H3/b15-8+. The summed E-state index contributed by atoms with van der Waals surface area (Å²) in [6.45, 7) is 0. The zero-order chi connectivity index (χ0) is 17.3. The van der Waals surface area contributed by atoms with E-state index in [1.807, 2.05) is 0 Å². The lowest BCUT2D eigenvalue weighted by atomic mass is 9.94. The lowest BCUT2D eigenvalue weighted by Crippen LogP contribution is -2.39. The Morgan fingerprint density at radius 1 is 1.38 bits per heavy atom. The fraction of sp³-hybridized carbons (Fsp3) is 0.412. The number of amides is 1. The second-order valence-electron chi connectivity index (χ2n) is 5.89. The summed E-state index contributed by atoms with van der Waals surface area (Å²) in [5, 5.41) is 9.81. The van der Waals surface area contributed by atoms with Crippen LogP contribution in [0.3, 0.4) is 0 Å². The molecule has 1 heterocycles. The van der Waals surface area contributed by atoms with Crippen molar-refractivity contribution in [1.29, 1.82) is 0 Å². The smallest absolute Gasteiger partial charge is 0.266 e. The molecule has 0 spiro atoms. The van der Waals surface area contributed by atoms with Gasteiger partial charge in [0.1, 0.15) is 4.32 Å². The van der Waals surface area contributed by atoms with E-state index in [0.717, 1.165) is 31.2 Å². The molecule has 1 saturated heterocycles. The molecule has 4 nitrogen and oxygen atoms in total. The minimum atomic E-state index is -0.0177. The van der Waals surface area contributed by atoms with Crippen LogP contribution in [0.15, 0.2) is 21.5 Å². The minimum absolute atomic E-state index is 0.0177. The maximum atomic E-state index is 12.8. The van der Waals surface area contributed by atoms with E-state index in [4.69, 9.17) is 17.0 Å². The summed E-state index contributed by atoms with van der Waals surface area (Å²) in [7, 11) is 1.50. The Morgan fingerprint density at radius 2 is 2.08 bits per heavy atom. The van der Waals surface area contributed by atoms with E-state index in [-0.39, 0.29) is 17.7 Å². The zero-order valence-electron chi connectivity index (χ0n) is 13.3. The lowest BCUT2D eigenvalue weighted by molar-refractivity contribution is -0.124. The highest BCUT2D eigenvalue weighted by molar-refractivity contribution is 9.10. The molecule has 24 heavy (non-hydrogen) atoms. The first-order chi connectivity index (χ1) is 11.5. The van der Waals surface area contributed by atoms with Crippen LogP contribution in [0.5, 0.6) is 11.5 Å². The first-order valence-electron chi connectivity index (χ1n) is 7.85. The average Bonchev–Trinajstić information content (AvgIpc) is 2.84. The molecule has 128 valence electrons. The molecule has 0 unspecified atom stereocenters. The molecule has 1 aliphatic heterocycles. The van der Waals surface area contributed by atoms with Crippen molar-refractivity contribution in [3.05, 3.63) is 27.1 Å². The molecule has 0 aromatic heterocycles. The van der Waals surface area contributed by atoms with Gasteiger partial charge >= 0.3 is 0 Å². The van der Waals surface area contributed by atoms with E-state index >= 15 is 0 Å². The third-order valence-corrected chi connectivity index (χ3v) is 6.37. The highest BCUT2D eigenvalue weighted by Gasteiger charge is 2.37. The van der Waals surface area contributed by atoms with Crippen molar-refractivity contribution in [2.24, 2.45) is 0 Å². The van der Waals surface area contributed by atoms with E-state index in [0.29, 0.717) is 19.4 Å². The van der Waals surface area contributed by atoms with Crippen LogP contribution in [0.2, 0.25) is 0 Å². The molecule has 0 radical (unpaired) electrons. The van der Waals surface area contributed by atoms with E-state index in [9.17, 15) is 9.90 Å². The van der Waals surface area contributed by atoms with Gasteiger partial charge in [-0.3, -0.25) is 9.69 Å². The van der Waals surface area contributed by atoms with Crippen LogP contribution in [0.1, 0.15) is 37.7 Å². The first kappa shape index (κ1) is 17.8. The number of rotatable bonds is 3. The van der Waals surface area contributed by atoms with Crippen LogP contribution < -0.4 is 4.74 Å². The number of thioether (sulfide) groups is 1. The van der Waals surface area contributed by atoms with Crippen molar-refractivity contribution < 1.29 is 14.6 Å². The molecule has 2 aliphatic rings. The Bertz CT molecular complexity index is 714. The Labute approximate surface area is 159 Å². The summed E-state index contributed by atoms with van der Waals surface area (Å²) in [6, 6.07) is 3.49. The molecule has 1 amide bonds. The van der Waals surface area contributed by atoms with Crippen LogP contribution in [0.4, 0.5) is 0 Å². The summed E-state index contributed by atoms with van der Waals surface area (Å²) in [4.78, 5) is 15.2. The van der Waals surface area contributed by atoms with Crippen molar-refractivity contribution >= 4 is 56.2 Å². The largest absolute Gasteiger partial charge is 0.504 e. The van der Waals surface area contributed by atoms with Gasteiger partial charge in [0.15, 0.2) is 11.5 Å². The van der Waals surface area contributed by atoms with E-state index in [2.05, 4.69) is 15.9 Å². The van der Waals surface area contributed by atoms with Gasteiger partial charge in [0, 0.05) is 10.5 Å². The molecule has 1 aromatic rings. The monoisotopic (exact) mass is 427 g/mol. The summed E-state index contributed by atoms with van der Waals surface area (Å²) in [5.74, 6) is 0.402. The number of aromatic hydroxyl groups is 1. The molecule has 7 heteroatoms. The van der Waals surface area contributed by atoms with Crippen LogP contribution in [-0.4, -0.2) is 33.4 Å². The van der Waals surface area contributed by atoms with Crippen molar-refractivity contribution in [1.82, 2.24) is 4.90 Å². The molecule has 0 atom stereocenters. The van der Waals surface area contributed by atoms with E-state index < -0.39 is 0 Å². The molecule has 1 N–H and O–H groups in total. The third kappa shape index (κ3) is 3.48. The minimum Gasteiger partial charge on any atom is -0.504 e. The van der Waals surface area contributed by atoms with Gasteiger partial charge in [-0.2, -0.15) is 0 Å². The normalized spacial score (nSPS) is 20.9. The van der Waals surface area contributed by atoms with Crippen molar-refractivity contribution in [2.45, 2.75) is 38.1 Å². The number of carbonyl (C=O) groups is 1. The molecular formula is C17H18BrNO3S2.